The van der Waals surface area contributed by atoms with Crippen LogP contribution in [-0.2, 0) is 32.2 Å². The molecule has 2 aromatic rings. The van der Waals surface area contributed by atoms with E-state index in [1.807, 2.05) is 0 Å². The minimum atomic E-state index is -1.04. The maximum Gasteiger partial charge on any atom is 0.519 e. The van der Waals surface area contributed by atoms with Gasteiger partial charge in [-0.3, -0.25) is 14.4 Å². The van der Waals surface area contributed by atoms with Crippen LogP contribution in [0.25, 0.3) is 0 Å². The molecule has 0 aliphatic heterocycles. The molecule has 0 aliphatic carbocycles. The molecule has 174 valence electrons. The SMILES string of the molecule is Cc1oc(=O)oc1CONC(=O)CCC(Cc1ccc(C(=O)O)cc1)C(=O)OC(C)(C)C. The Labute approximate surface area is 184 Å². The number of hydrogen-bond acceptors (Lipinski definition) is 8. The van der Waals surface area contributed by atoms with E-state index in [-0.39, 0.29) is 43.0 Å². The molecule has 1 heterocycles. The van der Waals surface area contributed by atoms with Gasteiger partial charge in [-0.2, -0.15) is 0 Å². The molecule has 0 radical (unpaired) electrons. The van der Waals surface area contributed by atoms with E-state index in [0.717, 1.165) is 5.56 Å². The van der Waals surface area contributed by atoms with Gasteiger partial charge in [0.1, 0.15) is 18.0 Å². The quantitative estimate of drug-likeness (QED) is 0.413. The highest BCUT2D eigenvalue weighted by molar-refractivity contribution is 5.87. The molecule has 1 aromatic heterocycles. The first-order valence-electron chi connectivity index (χ1n) is 9.99. The van der Waals surface area contributed by atoms with Crippen molar-refractivity contribution in [2.45, 2.75) is 59.2 Å². The van der Waals surface area contributed by atoms with E-state index in [0.29, 0.717) is 0 Å². The second kappa shape index (κ2) is 10.8. The van der Waals surface area contributed by atoms with Gasteiger partial charge in [0.05, 0.1) is 11.5 Å². The molecule has 1 aromatic carbocycles. The molecule has 1 atom stereocenters. The lowest BCUT2D eigenvalue weighted by Crippen LogP contribution is -2.31. The fraction of sp³-hybridized carbons (Fsp3) is 0.455. The zero-order valence-electron chi connectivity index (χ0n) is 18.4. The zero-order chi connectivity index (χ0) is 23.9. The molecule has 10 heteroatoms. The van der Waals surface area contributed by atoms with Crippen molar-refractivity contribution in [2.75, 3.05) is 0 Å². The van der Waals surface area contributed by atoms with Crippen LogP contribution in [0.5, 0.6) is 0 Å². The number of hydrogen-bond donors (Lipinski definition) is 2. The number of hydroxylamine groups is 1. The normalized spacial score (nSPS) is 12.2. The van der Waals surface area contributed by atoms with Crippen LogP contribution in [-0.4, -0.2) is 28.6 Å². The molecule has 2 N–H and O–H groups in total. The largest absolute Gasteiger partial charge is 0.519 e. The molecule has 0 saturated heterocycles. The van der Waals surface area contributed by atoms with Gasteiger partial charge in [-0.1, -0.05) is 12.1 Å². The summed E-state index contributed by atoms with van der Waals surface area (Å²) in [6.45, 7) is 6.59. The van der Waals surface area contributed by atoms with E-state index in [4.69, 9.17) is 23.5 Å². The van der Waals surface area contributed by atoms with Crippen LogP contribution in [0.4, 0.5) is 0 Å². The molecular formula is C22H27NO9. The number of aromatic carboxylic acids is 1. The molecule has 1 amide bonds. The van der Waals surface area contributed by atoms with Crippen molar-refractivity contribution >= 4 is 17.8 Å². The third kappa shape index (κ3) is 8.03. The molecule has 2 rings (SSSR count). The molecule has 32 heavy (non-hydrogen) atoms. The number of carbonyl (C=O) groups excluding carboxylic acids is 2. The summed E-state index contributed by atoms with van der Waals surface area (Å²) in [5.74, 6) is -3.03. The average molecular weight is 449 g/mol. The molecule has 0 saturated carbocycles. The van der Waals surface area contributed by atoms with Crippen molar-refractivity contribution in [2.24, 2.45) is 5.92 Å². The van der Waals surface area contributed by atoms with Gasteiger partial charge < -0.3 is 18.7 Å². The number of aryl methyl sites for hydroxylation is 1. The smallest absolute Gasteiger partial charge is 0.478 e. The fourth-order valence-corrected chi connectivity index (χ4v) is 2.80. The summed E-state index contributed by atoms with van der Waals surface area (Å²) in [5.41, 5.74) is 2.42. The number of amides is 1. The third-order valence-corrected chi connectivity index (χ3v) is 4.37. The zero-order valence-corrected chi connectivity index (χ0v) is 18.4. The second-order valence-electron chi connectivity index (χ2n) is 8.22. The van der Waals surface area contributed by atoms with Gasteiger partial charge in [0.15, 0.2) is 5.76 Å². The first-order valence-corrected chi connectivity index (χ1v) is 9.99. The predicted molar refractivity (Wildman–Crippen MR) is 111 cm³/mol. The molecule has 0 spiro atoms. The Balaban J connectivity index is 1.95. The van der Waals surface area contributed by atoms with Crippen LogP contribution in [0.1, 0.15) is 61.1 Å². The second-order valence-corrected chi connectivity index (χ2v) is 8.22. The summed E-state index contributed by atoms with van der Waals surface area (Å²) in [7, 11) is 0. The molecule has 10 nitrogen and oxygen atoms in total. The Morgan fingerprint density at radius 1 is 1.12 bits per heavy atom. The number of carboxylic acid groups (broad SMARTS) is 1. The lowest BCUT2D eigenvalue weighted by Gasteiger charge is -2.24. The van der Waals surface area contributed by atoms with Crippen molar-refractivity contribution in [1.82, 2.24) is 5.48 Å². The van der Waals surface area contributed by atoms with Crippen LogP contribution >= 0.6 is 0 Å². The van der Waals surface area contributed by atoms with Crippen molar-refractivity contribution in [3.63, 3.8) is 0 Å². The van der Waals surface area contributed by atoms with Crippen LogP contribution in [0, 0.1) is 12.8 Å². The summed E-state index contributed by atoms with van der Waals surface area (Å²) >= 11 is 0. The minimum absolute atomic E-state index is 0.0224. The van der Waals surface area contributed by atoms with E-state index in [1.54, 1.807) is 32.9 Å². The Morgan fingerprint density at radius 2 is 1.78 bits per heavy atom. The number of ether oxygens (including phenoxy) is 1. The van der Waals surface area contributed by atoms with Crippen molar-refractivity contribution in [3.05, 3.63) is 57.5 Å². The number of rotatable bonds is 10. The van der Waals surface area contributed by atoms with Crippen LogP contribution < -0.4 is 11.3 Å². The Hall–Kier alpha value is -3.40. The van der Waals surface area contributed by atoms with Gasteiger partial charge >= 0.3 is 17.8 Å². The van der Waals surface area contributed by atoms with Gasteiger partial charge in [-0.15, -0.1) is 0 Å². The number of carbonyl (C=O) groups is 3. The number of benzene rings is 1. The molecule has 1 unspecified atom stereocenters. The molecule has 0 fully saturated rings. The minimum Gasteiger partial charge on any atom is -0.478 e. The lowest BCUT2D eigenvalue weighted by molar-refractivity contribution is -0.160. The fourth-order valence-electron chi connectivity index (χ4n) is 2.80. The van der Waals surface area contributed by atoms with Crippen LogP contribution in [0.3, 0.4) is 0 Å². The van der Waals surface area contributed by atoms with E-state index >= 15 is 0 Å². The topological polar surface area (TPSA) is 145 Å². The highest BCUT2D eigenvalue weighted by Gasteiger charge is 2.26. The predicted octanol–water partition coefficient (Wildman–Crippen LogP) is 2.77. The first-order chi connectivity index (χ1) is 14.9. The summed E-state index contributed by atoms with van der Waals surface area (Å²) in [4.78, 5) is 51.9. The van der Waals surface area contributed by atoms with Crippen molar-refractivity contribution in [3.8, 4) is 0 Å². The maximum atomic E-state index is 12.7. The average Bonchev–Trinajstić information content (AvgIpc) is 3.01. The third-order valence-electron chi connectivity index (χ3n) is 4.37. The number of nitrogens with one attached hydrogen (secondary N) is 1. The Kier molecular flexibility index (Phi) is 8.36. The standard InChI is InChI=1S/C22H27NO9/c1-13-17(31-21(28)30-13)12-29-23-18(24)10-9-16(20(27)32-22(2,3)4)11-14-5-7-15(8-6-14)19(25)26/h5-8,16H,9-12H2,1-4H3,(H,23,24)(H,25,26). The van der Waals surface area contributed by atoms with Gasteiger partial charge in [0.25, 0.3) is 0 Å². The maximum absolute atomic E-state index is 12.7. The van der Waals surface area contributed by atoms with Gasteiger partial charge in [0.2, 0.25) is 5.91 Å². The first kappa shape index (κ1) is 24.9. The molecular weight excluding hydrogens is 422 g/mol. The number of carboxylic acids is 1. The van der Waals surface area contributed by atoms with Crippen molar-refractivity contribution in [1.29, 1.82) is 0 Å². The van der Waals surface area contributed by atoms with E-state index < -0.39 is 35.2 Å². The van der Waals surface area contributed by atoms with E-state index in [9.17, 15) is 19.2 Å². The van der Waals surface area contributed by atoms with Crippen molar-refractivity contribution < 1.29 is 37.9 Å². The molecule has 0 bridgehead atoms. The van der Waals surface area contributed by atoms with Crippen LogP contribution in [0.2, 0.25) is 0 Å². The number of esters is 1. The van der Waals surface area contributed by atoms with Gasteiger partial charge in [0, 0.05) is 6.42 Å². The van der Waals surface area contributed by atoms with Crippen LogP contribution in [0.15, 0.2) is 37.9 Å². The highest BCUT2D eigenvalue weighted by Crippen LogP contribution is 2.20. The van der Waals surface area contributed by atoms with Gasteiger partial charge in [-0.05, 0) is 58.2 Å². The highest BCUT2D eigenvalue weighted by atomic mass is 16.7. The monoisotopic (exact) mass is 449 g/mol. The molecule has 0 aliphatic rings. The Bertz CT molecular complexity index is 996. The van der Waals surface area contributed by atoms with Gasteiger partial charge in [-0.25, -0.2) is 15.1 Å². The van der Waals surface area contributed by atoms with E-state index in [1.165, 1.54) is 19.1 Å². The summed E-state index contributed by atoms with van der Waals surface area (Å²) in [6.07, 6.45) is 0.443. The summed E-state index contributed by atoms with van der Waals surface area (Å²) < 4.78 is 14.9. The summed E-state index contributed by atoms with van der Waals surface area (Å²) in [6, 6.07) is 6.18. The lowest BCUT2D eigenvalue weighted by atomic mass is 9.94. The van der Waals surface area contributed by atoms with E-state index in [2.05, 4.69) is 5.48 Å². The Morgan fingerprint density at radius 3 is 2.31 bits per heavy atom. The summed E-state index contributed by atoms with van der Waals surface area (Å²) in [5, 5.41) is 9.02.